The summed E-state index contributed by atoms with van der Waals surface area (Å²) in [7, 11) is 6.57. The summed E-state index contributed by atoms with van der Waals surface area (Å²) in [6, 6.07) is 46.7. The van der Waals surface area contributed by atoms with Gasteiger partial charge in [0.25, 0.3) is 0 Å². The Bertz CT molecular complexity index is 3460. The quantitative estimate of drug-likeness (QED) is 0.0149. The van der Waals surface area contributed by atoms with Crippen molar-refractivity contribution in [1.82, 2.24) is 0 Å². The van der Waals surface area contributed by atoms with Gasteiger partial charge in [0.2, 0.25) is 0 Å². The van der Waals surface area contributed by atoms with E-state index in [0.717, 1.165) is 148 Å². The molecule has 0 aliphatic carbocycles. The molecule has 23 heteroatoms. The van der Waals surface area contributed by atoms with Gasteiger partial charge in [-0.25, -0.2) is 4.79 Å². The Kier molecular flexibility index (Phi) is 42.3. The predicted molar refractivity (Wildman–Crippen MR) is 426 cm³/mol. The molecule has 7 rings (SSSR count). The Morgan fingerprint density at radius 1 is 0.239 bits per heavy atom. The van der Waals surface area contributed by atoms with Crippen LogP contribution in [0, 0.1) is 0 Å². The molecule has 0 saturated heterocycles. The van der Waals surface area contributed by atoms with E-state index in [2.05, 4.69) is 0 Å². The molecule has 0 aliphatic heterocycles. The van der Waals surface area contributed by atoms with E-state index >= 15 is 0 Å². The number of unbranched alkanes of at least 4 members (excludes halogenated alkanes) is 12. The van der Waals surface area contributed by atoms with Gasteiger partial charge in [0.05, 0.1) is 81.3 Å². The number of ether oxygens (including phenoxy) is 18. The molecule has 0 radical (unpaired) electrons. The van der Waals surface area contributed by atoms with Crippen LogP contribution in [0.25, 0.3) is 0 Å². The number of esters is 5. The molecule has 7 aromatic rings. The van der Waals surface area contributed by atoms with E-state index in [4.69, 9.17) is 85.3 Å². The first-order valence-corrected chi connectivity index (χ1v) is 39.2. The van der Waals surface area contributed by atoms with Gasteiger partial charge in [0.15, 0.2) is 6.61 Å². The van der Waals surface area contributed by atoms with Crippen LogP contribution in [0.4, 0.5) is 0 Å². The second-order valence-corrected chi connectivity index (χ2v) is 28.1. The van der Waals surface area contributed by atoms with E-state index in [1.54, 1.807) is 79.5 Å². The minimum absolute atomic E-state index is 0.161. The summed E-state index contributed by atoms with van der Waals surface area (Å²) in [6.07, 6.45) is 13.1. The molecule has 0 atom stereocenters. The third-order valence-corrected chi connectivity index (χ3v) is 17.4. The van der Waals surface area contributed by atoms with Crippen LogP contribution in [0.2, 0.25) is 0 Å². The summed E-state index contributed by atoms with van der Waals surface area (Å²) in [5.74, 6) is 1.53. The molecule has 0 aliphatic rings. The van der Waals surface area contributed by atoms with Crippen molar-refractivity contribution in [3.8, 4) is 51.7 Å². The maximum absolute atomic E-state index is 13.3. The highest BCUT2D eigenvalue weighted by Gasteiger charge is 2.20. The van der Waals surface area contributed by atoms with Crippen molar-refractivity contribution in [2.75, 3.05) is 87.9 Å². The minimum Gasteiger partial charge on any atom is -0.497 e. The molecule has 0 spiro atoms. The summed E-state index contributed by atoms with van der Waals surface area (Å²) in [4.78, 5) is 65.8. The highest BCUT2D eigenvalue weighted by Crippen LogP contribution is 2.28. The molecular formula is C90H116O23. The van der Waals surface area contributed by atoms with Gasteiger partial charge in [0, 0.05) is 38.6 Å². The summed E-state index contributed by atoms with van der Waals surface area (Å²) in [5.41, 5.74) is 5.49. The number of methoxy groups -OCH3 is 4. The lowest BCUT2D eigenvalue weighted by molar-refractivity contribution is -0.158. The van der Waals surface area contributed by atoms with Crippen molar-refractivity contribution in [2.45, 2.75) is 195 Å². The zero-order chi connectivity index (χ0) is 80.4. The van der Waals surface area contributed by atoms with Crippen LogP contribution < -0.4 is 42.6 Å². The van der Waals surface area contributed by atoms with E-state index in [1.165, 1.54) is 12.1 Å². The monoisotopic (exact) mass is 1560 g/mol. The predicted octanol–water partition coefficient (Wildman–Crippen LogP) is 17.4. The van der Waals surface area contributed by atoms with E-state index in [9.17, 15) is 24.0 Å². The molecule has 23 nitrogen and oxygen atoms in total. The summed E-state index contributed by atoms with van der Waals surface area (Å²) >= 11 is 0. The maximum Gasteiger partial charge on any atom is 0.344 e. The molecule has 0 fully saturated rings. The number of carbonyl (C=O) groups is 5. The SMILES string of the molecule is COc1ccc(COCCCCCCOc2cc(COC(=O)CC(=O)OCc3cc(COC(=O)CC(=O)OCc4cc(OCCCCCCOCc5ccc(OC)cc5)cc(OCCCCCCOCc5ccc(OC)cc5)c4)cc(OCC(=O)OC(C)(C)C)c3)cc(OCCCCCCOCc3ccc(OC)cc3)c2)cc1. The number of hydrogen-bond acceptors (Lipinski definition) is 23. The van der Waals surface area contributed by atoms with Gasteiger partial charge < -0.3 is 85.3 Å². The van der Waals surface area contributed by atoms with Crippen molar-refractivity contribution >= 4 is 29.8 Å². The molecule has 0 aromatic heterocycles. The van der Waals surface area contributed by atoms with Crippen molar-refractivity contribution in [2.24, 2.45) is 0 Å². The first-order valence-electron chi connectivity index (χ1n) is 39.2. The normalized spacial score (nSPS) is 11.1. The van der Waals surface area contributed by atoms with Crippen LogP contribution in [-0.4, -0.2) is 123 Å². The number of carbonyl (C=O) groups excluding carboxylic acids is 5. The number of rotatable bonds is 59. The van der Waals surface area contributed by atoms with Crippen LogP contribution in [0.3, 0.4) is 0 Å². The summed E-state index contributed by atoms with van der Waals surface area (Å²) in [6.45, 7) is 10.2. The molecule has 113 heavy (non-hydrogen) atoms. The highest BCUT2D eigenvalue weighted by molar-refractivity contribution is 5.91. The fraction of sp³-hybridized carbons (Fsp3) is 0.478. The second-order valence-electron chi connectivity index (χ2n) is 28.1. The van der Waals surface area contributed by atoms with E-state index < -0.39 is 54.9 Å². The fourth-order valence-electron chi connectivity index (χ4n) is 11.4. The first kappa shape index (κ1) is 90.1. The van der Waals surface area contributed by atoms with Crippen LogP contribution in [0.1, 0.15) is 181 Å². The van der Waals surface area contributed by atoms with Gasteiger partial charge in [-0.1, -0.05) is 74.2 Å². The standard InChI is InChI=1S/C90H116O23/c1-90(2,3)113-89(95)67-108-80-49-72(63-109-85(91)57-87(93)111-65-74-51-81(104-44-20-12-8-16-40-100-59-68-24-32-76(96-4)33-25-68)55-82(52-74)105-45-21-13-9-17-41-101-60-69-26-34-77(97-5)35-27-69)48-73(50-80)64-110-86(92)58-88(94)112-66-75-53-83(106-46-22-14-10-18-42-102-61-70-28-36-78(98-6)37-29-70)56-84(54-75)107-47-23-15-11-19-43-103-62-71-30-38-79(99-7)39-31-71/h24-39,48-56H,8-23,40-47,57-67H2,1-7H3. The molecule has 0 heterocycles. The number of hydrogen-bond donors (Lipinski definition) is 0. The lowest BCUT2D eigenvalue weighted by Crippen LogP contribution is -2.27. The zero-order valence-corrected chi connectivity index (χ0v) is 67.1. The Labute approximate surface area is 666 Å². The van der Waals surface area contributed by atoms with E-state index in [1.807, 2.05) is 109 Å². The van der Waals surface area contributed by atoms with Crippen LogP contribution in [0.15, 0.2) is 152 Å². The molecule has 7 aromatic carbocycles. The van der Waals surface area contributed by atoms with Crippen LogP contribution in [0.5, 0.6) is 51.7 Å². The lowest BCUT2D eigenvalue weighted by Gasteiger charge is -2.19. The van der Waals surface area contributed by atoms with Gasteiger partial charge in [-0.3, -0.25) is 19.2 Å². The van der Waals surface area contributed by atoms with Gasteiger partial charge >= 0.3 is 29.8 Å². The van der Waals surface area contributed by atoms with Gasteiger partial charge in [-0.15, -0.1) is 0 Å². The molecule has 0 amide bonds. The second kappa shape index (κ2) is 53.0. The van der Waals surface area contributed by atoms with Crippen molar-refractivity contribution < 1.29 is 109 Å². The molecule has 0 bridgehead atoms. The fourth-order valence-corrected chi connectivity index (χ4v) is 11.4. The third kappa shape index (κ3) is 39.8. The van der Waals surface area contributed by atoms with Gasteiger partial charge in [-0.2, -0.15) is 0 Å². The average molecular weight is 1570 g/mol. The Morgan fingerprint density at radius 2 is 0.469 bits per heavy atom. The Hall–Kier alpha value is -10.1. The first-order chi connectivity index (χ1) is 55.0. The van der Waals surface area contributed by atoms with Crippen molar-refractivity contribution in [3.63, 3.8) is 0 Å². The topological polar surface area (TPSA) is 251 Å². The van der Waals surface area contributed by atoms with Crippen LogP contribution >= 0.6 is 0 Å². The van der Waals surface area contributed by atoms with Crippen molar-refractivity contribution in [1.29, 1.82) is 0 Å². The van der Waals surface area contributed by atoms with E-state index in [0.29, 0.717) is 125 Å². The Morgan fingerprint density at radius 3 is 0.708 bits per heavy atom. The van der Waals surface area contributed by atoms with E-state index in [-0.39, 0.29) is 32.2 Å². The minimum atomic E-state index is -0.880. The zero-order valence-electron chi connectivity index (χ0n) is 67.1. The van der Waals surface area contributed by atoms with Gasteiger partial charge in [0.1, 0.15) is 96.6 Å². The van der Waals surface area contributed by atoms with Crippen LogP contribution in [-0.2, 0) is 119 Å². The third-order valence-electron chi connectivity index (χ3n) is 17.4. The summed E-state index contributed by atoms with van der Waals surface area (Å²) in [5, 5.41) is 0. The molecule has 0 saturated carbocycles. The molecular weight excluding hydrogens is 1450 g/mol. The largest absolute Gasteiger partial charge is 0.497 e. The highest BCUT2D eigenvalue weighted by atomic mass is 16.6. The van der Waals surface area contributed by atoms with Gasteiger partial charge in [-0.05, 0) is 233 Å². The average Bonchev–Trinajstić information content (AvgIpc) is 0.867. The number of benzene rings is 7. The molecule has 0 unspecified atom stereocenters. The maximum atomic E-state index is 13.3. The van der Waals surface area contributed by atoms with Crippen molar-refractivity contribution in [3.05, 3.63) is 196 Å². The Balaban J connectivity index is 0.869. The molecule has 614 valence electrons. The lowest BCUT2D eigenvalue weighted by atomic mass is 10.1. The summed E-state index contributed by atoms with van der Waals surface area (Å²) < 4.78 is 103. The molecule has 0 N–H and O–H groups in total. The smallest absolute Gasteiger partial charge is 0.344 e.